The van der Waals surface area contributed by atoms with Gasteiger partial charge in [-0.2, -0.15) is 0 Å². The lowest BCUT2D eigenvalue weighted by atomic mass is 10.0. The summed E-state index contributed by atoms with van der Waals surface area (Å²) in [6.07, 6.45) is 1.73. The van der Waals surface area contributed by atoms with Crippen molar-refractivity contribution in [3.63, 3.8) is 0 Å². The number of rotatable bonds is 5. The molecule has 1 aromatic carbocycles. The van der Waals surface area contributed by atoms with Crippen molar-refractivity contribution in [1.29, 1.82) is 0 Å². The van der Waals surface area contributed by atoms with E-state index < -0.39 is 5.91 Å². The highest BCUT2D eigenvalue weighted by Gasteiger charge is 2.29. The number of aromatic amines is 1. The zero-order valence-corrected chi connectivity index (χ0v) is 14.5. The number of hydrogen-bond acceptors (Lipinski definition) is 6. The first-order chi connectivity index (χ1) is 12.0. The van der Waals surface area contributed by atoms with E-state index in [1.165, 1.54) is 5.56 Å². The van der Waals surface area contributed by atoms with Gasteiger partial charge in [-0.15, -0.1) is 5.11 Å². The molecule has 1 atom stereocenters. The van der Waals surface area contributed by atoms with E-state index in [9.17, 15) is 4.79 Å². The Hall–Kier alpha value is -2.74. The molecule has 1 amide bonds. The molecule has 0 saturated carbocycles. The van der Waals surface area contributed by atoms with E-state index in [1.807, 2.05) is 24.1 Å². The fraction of sp³-hybridized carbons (Fsp3) is 0.412. The first-order valence-electron chi connectivity index (χ1n) is 8.24. The molecule has 0 spiro atoms. The zero-order chi connectivity index (χ0) is 18.0. The van der Waals surface area contributed by atoms with E-state index in [4.69, 9.17) is 10.2 Å². The van der Waals surface area contributed by atoms with Crippen LogP contribution in [0.5, 0.6) is 0 Å². The van der Waals surface area contributed by atoms with Crippen molar-refractivity contribution in [2.75, 3.05) is 6.54 Å². The number of amides is 1. The smallest absolute Gasteiger partial charge is 0.247 e. The monoisotopic (exact) mass is 342 g/mol. The van der Waals surface area contributed by atoms with Crippen molar-refractivity contribution in [3.05, 3.63) is 41.4 Å². The highest BCUT2D eigenvalue weighted by Crippen LogP contribution is 2.32. The van der Waals surface area contributed by atoms with E-state index in [0.717, 1.165) is 16.9 Å². The zero-order valence-electron chi connectivity index (χ0n) is 14.5. The summed E-state index contributed by atoms with van der Waals surface area (Å²) in [5.41, 5.74) is 5.41. The van der Waals surface area contributed by atoms with Gasteiger partial charge in [0.2, 0.25) is 5.91 Å². The predicted molar refractivity (Wildman–Crippen MR) is 92.6 cm³/mol. The minimum atomic E-state index is -0.478. The quantitative estimate of drug-likeness (QED) is 0.573. The van der Waals surface area contributed by atoms with Gasteiger partial charge in [0, 0.05) is 6.42 Å². The van der Waals surface area contributed by atoms with Crippen molar-refractivity contribution in [2.45, 2.75) is 33.2 Å². The van der Waals surface area contributed by atoms with E-state index in [0.29, 0.717) is 12.2 Å². The maximum absolute atomic E-state index is 11.1. The molecule has 3 rings (SSSR count). The first-order valence-corrected chi connectivity index (χ1v) is 8.24. The van der Waals surface area contributed by atoms with E-state index in [2.05, 4.69) is 35.2 Å². The Labute approximate surface area is 145 Å². The Bertz CT molecular complexity index is 839. The van der Waals surface area contributed by atoms with Crippen LogP contribution < -0.4 is 5.48 Å². The van der Waals surface area contributed by atoms with Gasteiger partial charge in [0.15, 0.2) is 0 Å². The van der Waals surface area contributed by atoms with Crippen LogP contribution >= 0.6 is 0 Å². The van der Waals surface area contributed by atoms with Crippen molar-refractivity contribution in [3.8, 4) is 0 Å². The highest BCUT2D eigenvalue weighted by atomic mass is 16.5. The van der Waals surface area contributed by atoms with Crippen LogP contribution in [-0.4, -0.2) is 32.6 Å². The van der Waals surface area contributed by atoms with Crippen molar-refractivity contribution in [2.24, 2.45) is 16.3 Å². The van der Waals surface area contributed by atoms with Gasteiger partial charge in [-0.1, -0.05) is 25.1 Å². The van der Waals surface area contributed by atoms with Crippen LogP contribution in [0, 0.1) is 12.8 Å². The van der Waals surface area contributed by atoms with Crippen LogP contribution in [-0.2, 0) is 4.79 Å². The first kappa shape index (κ1) is 17.1. The van der Waals surface area contributed by atoms with Crippen molar-refractivity contribution in [1.82, 2.24) is 20.5 Å². The lowest BCUT2D eigenvalue weighted by Crippen LogP contribution is -2.27. The second kappa shape index (κ2) is 7.02. The van der Waals surface area contributed by atoms with Gasteiger partial charge in [0.25, 0.3) is 0 Å². The van der Waals surface area contributed by atoms with Gasteiger partial charge in [-0.05, 0) is 36.6 Å². The SMILES string of the molecule is Cc1ccc2nc(C(C(C)C)N3C/C(=C/CC(=O)NO)N=N3)[nH]c2c1. The van der Waals surface area contributed by atoms with Gasteiger partial charge < -0.3 is 4.98 Å². The summed E-state index contributed by atoms with van der Waals surface area (Å²) in [7, 11) is 0. The number of H-pyrrole nitrogens is 1. The average Bonchev–Trinajstić information content (AvgIpc) is 3.19. The molecule has 1 unspecified atom stereocenters. The number of benzene rings is 1. The third kappa shape index (κ3) is 3.69. The number of aryl methyl sites for hydroxylation is 1. The summed E-state index contributed by atoms with van der Waals surface area (Å²) in [4.78, 5) is 19.2. The Balaban J connectivity index is 1.82. The molecule has 0 radical (unpaired) electrons. The van der Waals surface area contributed by atoms with E-state index in [-0.39, 0.29) is 18.4 Å². The fourth-order valence-electron chi connectivity index (χ4n) is 2.94. The number of carbonyl (C=O) groups excluding carboxylic acids is 1. The number of imidazole rings is 1. The molecule has 3 N–H and O–H groups in total. The second-order valence-corrected chi connectivity index (χ2v) is 6.55. The maximum atomic E-state index is 11.1. The van der Waals surface area contributed by atoms with Gasteiger partial charge in [-0.3, -0.25) is 15.0 Å². The van der Waals surface area contributed by atoms with E-state index >= 15 is 0 Å². The minimum absolute atomic E-state index is 0.0472. The molecule has 2 aromatic rings. The topological polar surface area (TPSA) is 106 Å². The molecule has 8 nitrogen and oxygen atoms in total. The number of fused-ring (bicyclic) bond motifs is 1. The molecule has 25 heavy (non-hydrogen) atoms. The number of nitrogens with zero attached hydrogens (tertiary/aromatic N) is 4. The largest absolute Gasteiger partial charge is 0.340 e. The standard InChI is InChI=1S/C17H22N6O2/c1-10(2)16(17-18-13-6-4-11(3)8-14(13)19-17)23-9-12(20-22-23)5-7-15(24)21-25/h4-6,8,10,16,25H,7,9H2,1-3H3,(H,18,19)(H,21,24)/b12-5-. The van der Waals surface area contributed by atoms with Crippen molar-refractivity contribution >= 4 is 16.9 Å². The average molecular weight is 342 g/mol. The third-order valence-corrected chi connectivity index (χ3v) is 4.15. The minimum Gasteiger partial charge on any atom is -0.340 e. The summed E-state index contributed by atoms with van der Waals surface area (Å²) < 4.78 is 0. The number of aromatic nitrogens is 2. The van der Waals surface area contributed by atoms with Gasteiger partial charge in [0.1, 0.15) is 11.9 Å². The van der Waals surface area contributed by atoms with Crippen LogP contribution in [0.2, 0.25) is 0 Å². The summed E-state index contributed by atoms with van der Waals surface area (Å²) in [6.45, 7) is 6.77. The van der Waals surface area contributed by atoms with Crippen LogP contribution in [0.3, 0.4) is 0 Å². The lowest BCUT2D eigenvalue weighted by molar-refractivity contribution is -0.128. The summed E-state index contributed by atoms with van der Waals surface area (Å²) in [5.74, 6) is 0.638. The van der Waals surface area contributed by atoms with Gasteiger partial charge in [-0.25, -0.2) is 10.5 Å². The van der Waals surface area contributed by atoms with Crippen LogP contribution in [0.25, 0.3) is 11.0 Å². The third-order valence-electron chi connectivity index (χ3n) is 4.15. The Morgan fingerprint density at radius 3 is 3.00 bits per heavy atom. The molecule has 2 heterocycles. The second-order valence-electron chi connectivity index (χ2n) is 6.55. The Kier molecular flexibility index (Phi) is 4.80. The molecule has 1 aromatic heterocycles. The van der Waals surface area contributed by atoms with Crippen LogP contribution in [0.4, 0.5) is 0 Å². The molecular formula is C17H22N6O2. The molecule has 132 valence electrons. The molecule has 1 aliphatic heterocycles. The van der Waals surface area contributed by atoms with E-state index in [1.54, 1.807) is 11.6 Å². The Morgan fingerprint density at radius 2 is 2.28 bits per heavy atom. The number of hydrogen-bond donors (Lipinski definition) is 3. The predicted octanol–water partition coefficient (Wildman–Crippen LogP) is 3.03. The molecule has 0 saturated heterocycles. The molecule has 1 aliphatic rings. The fourth-order valence-corrected chi connectivity index (χ4v) is 2.94. The summed E-state index contributed by atoms with van der Waals surface area (Å²) in [5, 5.41) is 18.8. The lowest BCUT2D eigenvalue weighted by Gasteiger charge is -2.26. The highest BCUT2D eigenvalue weighted by molar-refractivity contribution is 5.76. The summed E-state index contributed by atoms with van der Waals surface area (Å²) in [6, 6.07) is 6.08. The number of carbonyl (C=O) groups is 1. The Morgan fingerprint density at radius 1 is 1.48 bits per heavy atom. The normalized spacial score (nSPS) is 17.0. The number of hydroxylamine groups is 1. The maximum Gasteiger partial charge on any atom is 0.247 e. The molecule has 0 fully saturated rings. The molecular weight excluding hydrogens is 320 g/mol. The van der Waals surface area contributed by atoms with Gasteiger partial charge >= 0.3 is 0 Å². The molecule has 0 bridgehead atoms. The van der Waals surface area contributed by atoms with Crippen LogP contribution in [0.15, 0.2) is 40.3 Å². The molecule has 0 aliphatic carbocycles. The van der Waals surface area contributed by atoms with Crippen molar-refractivity contribution < 1.29 is 10.0 Å². The summed E-state index contributed by atoms with van der Waals surface area (Å²) >= 11 is 0. The molecule has 8 heteroatoms. The van der Waals surface area contributed by atoms with Gasteiger partial charge in [0.05, 0.1) is 23.3 Å². The number of nitrogens with one attached hydrogen (secondary N) is 2. The van der Waals surface area contributed by atoms with Crippen LogP contribution in [0.1, 0.15) is 37.7 Å².